The van der Waals surface area contributed by atoms with Gasteiger partial charge in [-0.15, -0.1) is 0 Å². The Balaban J connectivity index is 4.23. The minimum Gasteiger partial charge on any atom is -0.241 e. The molecule has 0 atom stereocenters. The minimum atomic E-state index is -1.14. The van der Waals surface area contributed by atoms with Crippen molar-refractivity contribution in [3.8, 4) is 0 Å². The van der Waals surface area contributed by atoms with Crippen molar-refractivity contribution in [1.29, 1.82) is 0 Å². The lowest BCUT2D eigenvalue weighted by Gasteiger charge is -2.25. The summed E-state index contributed by atoms with van der Waals surface area (Å²) in [6.07, 6.45) is 29.7. The second kappa shape index (κ2) is 21.1. The first-order chi connectivity index (χ1) is 13.2. The second-order valence-corrected chi connectivity index (χ2v) is 12.5. The van der Waals surface area contributed by atoms with Gasteiger partial charge in [-0.25, -0.2) is 4.52 Å². The molecule has 0 fully saturated rings. The lowest BCUT2D eigenvalue weighted by atomic mass is 10.1. The van der Waals surface area contributed by atoms with E-state index < -0.39 is 7.49 Å². The Bertz CT molecular complexity index is 239. The van der Waals surface area contributed by atoms with E-state index in [-0.39, 0.29) is 0 Å². The largest absolute Gasteiger partial charge is 0.241 e. The van der Waals surface area contributed by atoms with Gasteiger partial charge in [-0.3, -0.25) is 0 Å². The average Bonchev–Trinajstić information content (AvgIpc) is 2.69. The molecule has 0 heterocycles. The molecule has 0 saturated heterocycles. The highest BCUT2D eigenvalue weighted by atomic mass is 31.2. The van der Waals surface area contributed by atoms with E-state index in [2.05, 4.69) is 20.8 Å². The molecule has 27 heavy (non-hydrogen) atoms. The Morgan fingerprint density at radius 3 is 0.926 bits per heavy atom. The standard InChI is InChI=1S/C25H54OP/c1-5-8-11-14-17-20-23-27(26-4,24-21-18-15-12-9-6-2)25-22-19-16-13-10-7-3/h5-25H2,1-4H3/q+1. The van der Waals surface area contributed by atoms with Crippen LogP contribution < -0.4 is 0 Å². The molecule has 0 unspecified atom stereocenters. The van der Waals surface area contributed by atoms with Crippen molar-refractivity contribution < 1.29 is 4.52 Å². The lowest BCUT2D eigenvalue weighted by Crippen LogP contribution is -2.11. The van der Waals surface area contributed by atoms with Gasteiger partial charge in [0.15, 0.2) is 0 Å². The molecule has 0 bridgehead atoms. The highest BCUT2D eigenvalue weighted by Gasteiger charge is 2.36. The van der Waals surface area contributed by atoms with Gasteiger partial charge < -0.3 is 0 Å². The fraction of sp³-hybridized carbons (Fsp3) is 1.00. The smallest absolute Gasteiger partial charge is 0.145 e. The summed E-state index contributed by atoms with van der Waals surface area (Å²) in [7, 11) is 0.897. The molecule has 0 aromatic rings. The Labute approximate surface area is 174 Å². The molecular formula is C25H54OP+. The Morgan fingerprint density at radius 2 is 0.667 bits per heavy atom. The molecule has 0 N–H and O–H groups in total. The summed E-state index contributed by atoms with van der Waals surface area (Å²) in [6.45, 7) is 6.92. The van der Waals surface area contributed by atoms with E-state index in [1.54, 1.807) is 0 Å². The number of hydrogen-bond donors (Lipinski definition) is 0. The molecule has 0 amide bonds. The van der Waals surface area contributed by atoms with E-state index in [4.69, 9.17) is 4.52 Å². The van der Waals surface area contributed by atoms with Gasteiger partial charge >= 0.3 is 0 Å². The third kappa shape index (κ3) is 17.0. The maximum atomic E-state index is 6.33. The van der Waals surface area contributed by atoms with E-state index >= 15 is 0 Å². The van der Waals surface area contributed by atoms with Crippen LogP contribution in [0, 0.1) is 0 Å². The second-order valence-electron chi connectivity index (χ2n) is 8.71. The minimum absolute atomic E-state index is 1.14. The highest BCUT2D eigenvalue weighted by Crippen LogP contribution is 2.61. The van der Waals surface area contributed by atoms with Crippen LogP contribution >= 0.6 is 7.49 Å². The molecule has 0 aromatic carbocycles. The normalized spacial score (nSPS) is 12.0. The van der Waals surface area contributed by atoms with Gasteiger partial charge in [0, 0.05) is 0 Å². The first kappa shape index (κ1) is 27.4. The number of hydrogen-bond acceptors (Lipinski definition) is 1. The molecule has 0 aliphatic heterocycles. The van der Waals surface area contributed by atoms with Gasteiger partial charge in [-0.1, -0.05) is 97.8 Å². The molecule has 0 aliphatic carbocycles. The average molecular weight is 402 g/mol. The summed E-state index contributed by atoms with van der Waals surface area (Å²) in [5.74, 6) is 0. The third-order valence-corrected chi connectivity index (χ3v) is 10.3. The van der Waals surface area contributed by atoms with Crippen molar-refractivity contribution in [2.75, 3.05) is 25.6 Å². The zero-order valence-electron chi connectivity index (χ0n) is 19.7. The summed E-state index contributed by atoms with van der Waals surface area (Å²) in [6, 6.07) is 0. The molecule has 0 saturated carbocycles. The zero-order chi connectivity index (χ0) is 20.1. The quantitative estimate of drug-likeness (QED) is 0.129. The zero-order valence-corrected chi connectivity index (χ0v) is 20.6. The van der Waals surface area contributed by atoms with Gasteiger partial charge in [0.25, 0.3) is 0 Å². The van der Waals surface area contributed by atoms with Crippen LogP contribution in [0.25, 0.3) is 0 Å². The summed E-state index contributed by atoms with van der Waals surface area (Å²) >= 11 is 0. The van der Waals surface area contributed by atoms with Crippen molar-refractivity contribution in [3.63, 3.8) is 0 Å². The maximum absolute atomic E-state index is 6.33. The molecule has 1 nitrogen and oxygen atoms in total. The van der Waals surface area contributed by atoms with E-state index in [0.29, 0.717) is 0 Å². The Hall–Kier alpha value is 0.390. The van der Waals surface area contributed by atoms with Gasteiger partial charge in [-0.05, 0) is 38.5 Å². The van der Waals surface area contributed by atoms with E-state index in [1.807, 2.05) is 7.11 Å². The number of rotatable bonds is 22. The summed E-state index contributed by atoms with van der Waals surface area (Å²) in [4.78, 5) is 0. The fourth-order valence-electron chi connectivity index (χ4n) is 4.15. The van der Waals surface area contributed by atoms with Gasteiger partial charge in [0.1, 0.15) is 7.49 Å². The van der Waals surface area contributed by atoms with Crippen molar-refractivity contribution >= 4 is 7.49 Å². The first-order valence-corrected chi connectivity index (χ1v) is 14.9. The lowest BCUT2D eigenvalue weighted by molar-refractivity contribution is 0.435. The van der Waals surface area contributed by atoms with Gasteiger partial charge in [-0.2, -0.15) is 0 Å². The van der Waals surface area contributed by atoms with Crippen molar-refractivity contribution in [1.82, 2.24) is 0 Å². The van der Waals surface area contributed by atoms with Crippen LogP contribution in [-0.4, -0.2) is 25.6 Å². The molecule has 0 rings (SSSR count). The molecular weight excluding hydrogens is 347 g/mol. The maximum Gasteiger partial charge on any atom is 0.145 e. The van der Waals surface area contributed by atoms with Crippen LogP contribution in [-0.2, 0) is 4.52 Å². The topological polar surface area (TPSA) is 9.23 Å². The molecule has 0 spiro atoms. The molecule has 0 aliphatic rings. The van der Waals surface area contributed by atoms with Crippen LogP contribution in [0.3, 0.4) is 0 Å². The Morgan fingerprint density at radius 1 is 0.407 bits per heavy atom. The van der Waals surface area contributed by atoms with E-state index in [9.17, 15) is 0 Å². The van der Waals surface area contributed by atoms with Crippen molar-refractivity contribution in [3.05, 3.63) is 0 Å². The predicted molar refractivity (Wildman–Crippen MR) is 129 cm³/mol. The van der Waals surface area contributed by atoms with Crippen molar-refractivity contribution in [2.45, 2.75) is 136 Å². The van der Waals surface area contributed by atoms with Gasteiger partial charge in [0.2, 0.25) is 0 Å². The molecule has 0 radical (unpaired) electrons. The summed E-state index contributed by atoms with van der Waals surface area (Å²) < 4.78 is 6.33. The van der Waals surface area contributed by atoms with E-state index in [1.165, 1.54) is 134 Å². The summed E-state index contributed by atoms with van der Waals surface area (Å²) in [5, 5.41) is 0. The first-order valence-electron chi connectivity index (χ1n) is 12.7. The van der Waals surface area contributed by atoms with Crippen LogP contribution in [0.1, 0.15) is 136 Å². The Kier molecular flexibility index (Phi) is 21.4. The van der Waals surface area contributed by atoms with E-state index in [0.717, 1.165) is 0 Å². The van der Waals surface area contributed by atoms with Crippen LogP contribution in [0.2, 0.25) is 0 Å². The van der Waals surface area contributed by atoms with Crippen LogP contribution in [0.15, 0.2) is 0 Å². The van der Waals surface area contributed by atoms with Gasteiger partial charge in [0.05, 0.1) is 25.6 Å². The highest BCUT2D eigenvalue weighted by molar-refractivity contribution is 7.71. The van der Waals surface area contributed by atoms with Crippen LogP contribution in [0.5, 0.6) is 0 Å². The molecule has 2 heteroatoms. The van der Waals surface area contributed by atoms with Crippen LogP contribution in [0.4, 0.5) is 0 Å². The molecule has 0 aromatic heterocycles. The van der Waals surface area contributed by atoms with Crippen molar-refractivity contribution in [2.24, 2.45) is 0 Å². The fourth-order valence-corrected chi connectivity index (χ4v) is 7.77. The number of unbranched alkanes of at least 4 members (excludes halogenated alkanes) is 15. The predicted octanol–water partition coefficient (Wildman–Crippen LogP) is 9.65. The SMILES string of the molecule is CCCCCCCC[P+](CCCCCCCC)(CCCCCCCC)OC. The molecule has 164 valence electrons. The summed E-state index contributed by atoms with van der Waals surface area (Å²) in [5.41, 5.74) is 0. The third-order valence-electron chi connectivity index (χ3n) is 6.14. The monoisotopic (exact) mass is 401 g/mol.